The largest absolute Gasteiger partial charge is 0.493 e. The smallest absolute Gasteiger partial charge is 0.163 e. The summed E-state index contributed by atoms with van der Waals surface area (Å²) >= 11 is 0. The third-order valence-electron chi connectivity index (χ3n) is 8.91. The molecule has 7 heteroatoms. The minimum absolute atomic E-state index is 0.471. The van der Waals surface area contributed by atoms with Gasteiger partial charge in [0.1, 0.15) is 11.5 Å². The van der Waals surface area contributed by atoms with Crippen molar-refractivity contribution in [3.63, 3.8) is 0 Å². The monoisotopic (exact) mass is 532 g/mol. The van der Waals surface area contributed by atoms with E-state index in [0.717, 1.165) is 90.0 Å². The Morgan fingerprint density at radius 2 is 1.87 bits per heavy atom. The fourth-order valence-corrected chi connectivity index (χ4v) is 6.85. The van der Waals surface area contributed by atoms with Crippen molar-refractivity contribution in [2.75, 3.05) is 51.8 Å². The molecule has 5 heterocycles. The van der Waals surface area contributed by atoms with E-state index in [9.17, 15) is 0 Å². The molecule has 210 valence electrons. The summed E-state index contributed by atoms with van der Waals surface area (Å²) in [6, 6.07) is 6.81. The van der Waals surface area contributed by atoms with Crippen LogP contribution in [0.3, 0.4) is 0 Å². The summed E-state index contributed by atoms with van der Waals surface area (Å²) in [5, 5.41) is 8.61. The average molecular weight is 533 g/mol. The van der Waals surface area contributed by atoms with Crippen LogP contribution in [0, 0.1) is 19.8 Å². The van der Waals surface area contributed by atoms with Crippen molar-refractivity contribution >= 4 is 16.6 Å². The molecule has 0 radical (unpaired) electrons. The van der Waals surface area contributed by atoms with Crippen molar-refractivity contribution in [3.8, 4) is 22.8 Å². The molecule has 0 aliphatic carbocycles. The summed E-state index contributed by atoms with van der Waals surface area (Å²) in [6.07, 6.45) is 9.55. The van der Waals surface area contributed by atoms with Gasteiger partial charge in [-0.1, -0.05) is 0 Å². The Balaban J connectivity index is 1.33. The molecule has 0 saturated carbocycles. The van der Waals surface area contributed by atoms with Gasteiger partial charge in [-0.3, -0.25) is 0 Å². The number of nitrogens with zero attached hydrogens (tertiary/aromatic N) is 2. The minimum atomic E-state index is 0.471. The molecule has 0 bridgehead atoms. The molecule has 3 aromatic rings. The van der Waals surface area contributed by atoms with Crippen LogP contribution in [0.1, 0.15) is 62.0 Å². The summed E-state index contributed by atoms with van der Waals surface area (Å²) in [5.74, 6) is 4.17. The van der Waals surface area contributed by atoms with Gasteiger partial charge >= 0.3 is 0 Å². The molecule has 3 aliphatic heterocycles. The van der Waals surface area contributed by atoms with Crippen LogP contribution in [0.2, 0.25) is 0 Å². The molecule has 1 atom stereocenters. The fourth-order valence-electron chi connectivity index (χ4n) is 6.85. The number of piperidine rings is 1. The predicted molar refractivity (Wildman–Crippen MR) is 157 cm³/mol. The van der Waals surface area contributed by atoms with Crippen LogP contribution >= 0.6 is 0 Å². The van der Waals surface area contributed by atoms with E-state index in [0.29, 0.717) is 12.6 Å². The zero-order valence-corrected chi connectivity index (χ0v) is 23.9. The Hall–Kier alpha value is -2.77. The molecule has 2 fully saturated rings. The van der Waals surface area contributed by atoms with E-state index in [1.165, 1.54) is 56.4 Å². The van der Waals surface area contributed by atoms with Crippen molar-refractivity contribution < 1.29 is 13.9 Å². The number of pyridine rings is 1. The maximum absolute atomic E-state index is 6.30. The highest BCUT2D eigenvalue weighted by atomic mass is 16.5. The molecule has 3 aliphatic rings. The lowest BCUT2D eigenvalue weighted by atomic mass is 9.85. The molecule has 2 saturated heterocycles. The van der Waals surface area contributed by atoms with Crippen molar-refractivity contribution in [2.24, 2.45) is 5.92 Å². The van der Waals surface area contributed by atoms with Crippen molar-refractivity contribution in [1.29, 1.82) is 0 Å². The van der Waals surface area contributed by atoms with Gasteiger partial charge in [0.2, 0.25) is 0 Å². The van der Waals surface area contributed by atoms with Gasteiger partial charge in [-0.2, -0.15) is 0 Å². The van der Waals surface area contributed by atoms with Crippen LogP contribution in [0.4, 0.5) is 5.69 Å². The number of anilines is 1. The minimum Gasteiger partial charge on any atom is -0.493 e. The second kappa shape index (κ2) is 11.8. The Morgan fingerprint density at radius 3 is 2.62 bits per heavy atom. The Bertz CT molecular complexity index is 1290. The SMILES string of the molecule is COc1cc2c3c(c(-c4cc(C)oc4C)nc2cc1OCCCN1CCCC1)CCC(CC1CCNCC1)N3. The van der Waals surface area contributed by atoms with Gasteiger partial charge in [-0.25, -0.2) is 4.98 Å². The Kier molecular flexibility index (Phi) is 7.98. The van der Waals surface area contributed by atoms with E-state index in [1.54, 1.807) is 7.11 Å². The summed E-state index contributed by atoms with van der Waals surface area (Å²) in [7, 11) is 1.73. The number of likely N-dealkylation sites (tertiary alicyclic amines) is 1. The number of hydrogen-bond donors (Lipinski definition) is 2. The fraction of sp³-hybridized carbons (Fsp3) is 0.594. The predicted octanol–water partition coefficient (Wildman–Crippen LogP) is 6.10. The van der Waals surface area contributed by atoms with Gasteiger partial charge < -0.3 is 29.4 Å². The Morgan fingerprint density at radius 1 is 1.05 bits per heavy atom. The normalized spacial score (nSPS) is 20.2. The first kappa shape index (κ1) is 26.5. The summed E-state index contributed by atoms with van der Waals surface area (Å²) in [5.41, 5.74) is 5.55. The number of furan rings is 1. The van der Waals surface area contributed by atoms with Crippen LogP contribution in [0.25, 0.3) is 22.2 Å². The first-order valence-electron chi connectivity index (χ1n) is 15.0. The lowest BCUT2D eigenvalue weighted by Crippen LogP contribution is -2.33. The van der Waals surface area contributed by atoms with Crippen LogP contribution < -0.4 is 20.1 Å². The van der Waals surface area contributed by atoms with Gasteiger partial charge in [0.25, 0.3) is 0 Å². The highest BCUT2D eigenvalue weighted by Gasteiger charge is 2.28. The second-order valence-electron chi connectivity index (χ2n) is 11.7. The van der Waals surface area contributed by atoms with Crippen molar-refractivity contribution in [3.05, 3.63) is 35.3 Å². The zero-order valence-electron chi connectivity index (χ0n) is 23.9. The maximum atomic E-state index is 6.30. The molecule has 39 heavy (non-hydrogen) atoms. The van der Waals surface area contributed by atoms with Gasteiger partial charge in [-0.15, -0.1) is 0 Å². The van der Waals surface area contributed by atoms with E-state index in [1.807, 2.05) is 13.8 Å². The van der Waals surface area contributed by atoms with Crippen molar-refractivity contribution in [2.45, 2.75) is 71.3 Å². The summed E-state index contributed by atoms with van der Waals surface area (Å²) < 4.78 is 18.1. The summed E-state index contributed by atoms with van der Waals surface area (Å²) in [4.78, 5) is 7.78. The molecule has 0 spiro atoms. The number of nitrogens with one attached hydrogen (secondary N) is 2. The maximum Gasteiger partial charge on any atom is 0.163 e. The summed E-state index contributed by atoms with van der Waals surface area (Å²) in [6.45, 7) is 10.5. The molecule has 0 amide bonds. The average Bonchev–Trinajstić information content (AvgIpc) is 3.59. The number of hydrogen-bond acceptors (Lipinski definition) is 7. The molecule has 2 N–H and O–H groups in total. The molecule has 7 nitrogen and oxygen atoms in total. The third kappa shape index (κ3) is 5.75. The third-order valence-corrected chi connectivity index (χ3v) is 8.91. The first-order valence-corrected chi connectivity index (χ1v) is 15.0. The highest BCUT2D eigenvalue weighted by molar-refractivity contribution is 5.99. The van der Waals surface area contributed by atoms with Crippen LogP contribution in [0.5, 0.6) is 11.5 Å². The van der Waals surface area contributed by atoms with E-state index < -0.39 is 0 Å². The number of methoxy groups -OCH3 is 1. The topological polar surface area (TPSA) is 71.8 Å². The quantitative estimate of drug-likeness (QED) is 0.323. The van der Waals surface area contributed by atoms with Crippen LogP contribution in [-0.2, 0) is 6.42 Å². The van der Waals surface area contributed by atoms with Gasteiger partial charge in [-0.05, 0) is 109 Å². The number of benzene rings is 1. The molecule has 1 aromatic carbocycles. The number of rotatable bonds is 9. The molecule has 1 unspecified atom stereocenters. The zero-order chi connectivity index (χ0) is 26.8. The number of ether oxygens (including phenoxy) is 2. The highest BCUT2D eigenvalue weighted by Crippen LogP contribution is 2.44. The number of aryl methyl sites for hydroxylation is 2. The van der Waals surface area contributed by atoms with Crippen molar-refractivity contribution in [1.82, 2.24) is 15.2 Å². The first-order chi connectivity index (χ1) is 19.1. The van der Waals surface area contributed by atoms with E-state index >= 15 is 0 Å². The van der Waals surface area contributed by atoms with Gasteiger partial charge in [0.15, 0.2) is 11.5 Å². The molecular formula is C32H44N4O3. The molecule has 6 rings (SSSR count). The van der Waals surface area contributed by atoms with E-state index in [4.69, 9.17) is 18.9 Å². The van der Waals surface area contributed by atoms with Crippen LogP contribution in [0.15, 0.2) is 22.6 Å². The van der Waals surface area contributed by atoms with Gasteiger partial charge in [0.05, 0.1) is 24.9 Å². The van der Waals surface area contributed by atoms with Gasteiger partial charge in [0, 0.05) is 40.9 Å². The molecular weight excluding hydrogens is 488 g/mol. The van der Waals surface area contributed by atoms with E-state index in [2.05, 4.69) is 33.7 Å². The number of aromatic nitrogens is 1. The standard InChI is InChI=1S/C32H44N4O3/c1-21-17-26(22(2)39-21)31-25-8-7-24(18-23-9-11-33-12-10-23)34-32(25)27-19-29(37-3)30(20-28(27)35-31)38-16-6-15-36-13-4-5-14-36/h17,19-20,23-24,33-34H,4-16,18H2,1-3H3. The lowest BCUT2D eigenvalue weighted by molar-refractivity contribution is 0.254. The lowest BCUT2D eigenvalue weighted by Gasteiger charge is -2.33. The van der Waals surface area contributed by atoms with E-state index in [-0.39, 0.29) is 0 Å². The second-order valence-corrected chi connectivity index (χ2v) is 11.7. The van der Waals surface area contributed by atoms with Crippen LogP contribution in [-0.4, -0.2) is 62.4 Å². The number of fused-ring (bicyclic) bond motifs is 3. The Labute approximate surface area is 232 Å². The molecule has 2 aromatic heterocycles.